The number of aromatic nitrogens is 2. The molecule has 0 radical (unpaired) electrons. The number of likely N-dealkylation sites (tertiary alicyclic amines) is 1. The molecule has 8 nitrogen and oxygen atoms in total. The average Bonchev–Trinajstić information content (AvgIpc) is 3.34. The van der Waals surface area contributed by atoms with E-state index in [2.05, 4.69) is 10.1 Å². The van der Waals surface area contributed by atoms with Crippen molar-refractivity contribution in [3.63, 3.8) is 0 Å². The second-order valence-electron chi connectivity index (χ2n) is 9.09. The standard InChI is InChI=1S/C25H28N4O4S/c1-17-11-12-20(23-26-24(33-27-23)25(30)28-13-7-3-4-8-14-28)16-22(17)34(31,32)29-18(2)15-19-9-5-6-10-21(19)29/h5-6,9-12,16,18H,3-4,7-8,13-15H2,1-2H3/t18-/m0/s1. The summed E-state index contributed by atoms with van der Waals surface area (Å²) in [5.74, 6) is -0.142. The largest absolute Gasteiger partial charge is 0.334 e. The molecule has 1 aromatic heterocycles. The van der Waals surface area contributed by atoms with Crippen LogP contribution in [0.3, 0.4) is 0 Å². The van der Waals surface area contributed by atoms with Crippen LogP contribution in [-0.2, 0) is 16.4 Å². The number of carbonyl (C=O) groups excluding carboxylic acids is 1. The molecule has 178 valence electrons. The Balaban J connectivity index is 1.47. The van der Waals surface area contributed by atoms with Gasteiger partial charge in [0, 0.05) is 24.7 Å². The Bertz CT molecular complexity index is 1330. The fourth-order valence-electron chi connectivity index (χ4n) is 4.86. The van der Waals surface area contributed by atoms with Gasteiger partial charge in [0.25, 0.3) is 10.0 Å². The van der Waals surface area contributed by atoms with Crippen LogP contribution in [0, 0.1) is 6.92 Å². The van der Waals surface area contributed by atoms with Crippen LogP contribution < -0.4 is 4.31 Å². The molecule has 0 unspecified atom stereocenters. The minimum absolute atomic E-state index is 0.0658. The third kappa shape index (κ3) is 3.98. The van der Waals surface area contributed by atoms with Crippen LogP contribution in [0.4, 0.5) is 5.69 Å². The van der Waals surface area contributed by atoms with Crippen molar-refractivity contribution in [3.05, 3.63) is 59.5 Å². The zero-order chi connectivity index (χ0) is 23.9. The number of aryl methyl sites for hydroxylation is 1. The number of sulfonamides is 1. The van der Waals surface area contributed by atoms with E-state index in [-0.39, 0.29) is 28.6 Å². The highest BCUT2D eigenvalue weighted by atomic mass is 32.2. The first kappa shape index (κ1) is 22.6. The SMILES string of the molecule is Cc1ccc(-c2noc(C(=O)N3CCCCCC3)n2)cc1S(=O)(=O)N1c2ccccc2C[C@@H]1C. The van der Waals surface area contributed by atoms with Crippen molar-refractivity contribution in [1.29, 1.82) is 0 Å². The van der Waals surface area contributed by atoms with Gasteiger partial charge in [-0.2, -0.15) is 4.98 Å². The van der Waals surface area contributed by atoms with Crippen LogP contribution in [0.1, 0.15) is 54.4 Å². The zero-order valence-electron chi connectivity index (χ0n) is 19.4. The number of rotatable bonds is 4. The lowest BCUT2D eigenvalue weighted by Gasteiger charge is -2.25. The molecular weight excluding hydrogens is 452 g/mol. The molecule has 3 aromatic rings. The molecule has 2 aromatic carbocycles. The molecule has 0 N–H and O–H groups in total. The number of anilines is 1. The van der Waals surface area contributed by atoms with E-state index in [1.165, 1.54) is 4.31 Å². The van der Waals surface area contributed by atoms with Gasteiger partial charge in [-0.15, -0.1) is 0 Å². The third-order valence-corrected chi connectivity index (χ3v) is 8.70. The lowest BCUT2D eigenvalue weighted by Crippen LogP contribution is -2.36. The van der Waals surface area contributed by atoms with Gasteiger partial charge in [-0.25, -0.2) is 8.42 Å². The van der Waals surface area contributed by atoms with Crippen LogP contribution in [0.25, 0.3) is 11.4 Å². The number of fused-ring (bicyclic) bond motifs is 1. The first-order chi connectivity index (χ1) is 16.4. The lowest BCUT2D eigenvalue weighted by atomic mass is 10.1. The predicted molar refractivity (Wildman–Crippen MR) is 128 cm³/mol. The summed E-state index contributed by atoms with van der Waals surface area (Å²) in [6, 6.07) is 12.5. The fourth-order valence-corrected chi connectivity index (χ4v) is 6.81. The maximum atomic E-state index is 13.8. The molecule has 3 heterocycles. The summed E-state index contributed by atoms with van der Waals surface area (Å²) in [6.45, 7) is 5.04. The van der Waals surface area contributed by atoms with E-state index < -0.39 is 10.0 Å². The summed E-state index contributed by atoms with van der Waals surface area (Å²) in [4.78, 5) is 19.1. The molecule has 0 spiro atoms. The molecule has 0 aliphatic carbocycles. The molecule has 1 fully saturated rings. The molecule has 5 rings (SSSR count). The molecule has 9 heteroatoms. The van der Waals surface area contributed by atoms with Crippen molar-refractivity contribution in [2.24, 2.45) is 0 Å². The Morgan fingerprint density at radius 2 is 1.79 bits per heavy atom. The van der Waals surface area contributed by atoms with Crippen LogP contribution in [0.5, 0.6) is 0 Å². The van der Waals surface area contributed by atoms with Gasteiger partial charge in [-0.3, -0.25) is 9.10 Å². The summed E-state index contributed by atoms with van der Waals surface area (Å²) in [6.07, 6.45) is 4.81. The van der Waals surface area contributed by atoms with Crippen molar-refractivity contribution in [3.8, 4) is 11.4 Å². The average molecular weight is 481 g/mol. The van der Waals surface area contributed by atoms with E-state index >= 15 is 0 Å². The quantitative estimate of drug-likeness (QED) is 0.555. The van der Waals surface area contributed by atoms with Crippen molar-refractivity contribution >= 4 is 21.6 Å². The molecule has 2 aliphatic heterocycles. The number of nitrogens with zero attached hydrogens (tertiary/aromatic N) is 4. The van der Waals surface area contributed by atoms with Gasteiger partial charge in [-0.05, 0) is 56.4 Å². The number of para-hydroxylation sites is 1. The van der Waals surface area contributed by atoms with Crippen LogP contribution >= 0.6 is 0 Å². The first-order valence-electron chi connectivity index (χ1n) is 11.7. The van der Waals surface area contributed by atoms with Crippen LogP contribution in [0.2, 0.25) is 0 Å². The smallest absolute Gasteiger partial charge is 0.316 e. The minimum Gasteiger partial charge on any atom is -0.334 e. The molecule has 2 aliphatic rings. The maximum absolute atomic E-state index is 13.8. The van der Waals surface area contributed by atoms with E-state index in [9.17, 15) is 13.2 Å². The van der Waals surface area contributed by atoms with E-state index in [1.54, 1.807) is 30.0 Å². The second kappa shape index (κ2) is 8.87. The fraction of sp³-hybridized carbons (Fsp3) is 0.400. The van der Waals surface area contributed by atoms with Gasteiger partial charge in [0.15, 0.2) is 0 Å². The normalized spacial score (nSPS) is 18.6. The van der Waals surface area contributed by atoms with Gasteiger partial charge >= 0.3 is 11.8 Å². The molecule has 0 saturated carbocycles. The number of benzene rings is 2. The summed E-state index contributed by atoms with van der Waals surface area (Å²) in [7, 11) is -3.82. The Morgan fingerprint density at radius 3 is 2.56 bits per heavy atom. The Hall–Kier alpha value is -3.20. The van der Waals surface area contributed by atoms with Crippen LogP contribution in [-0.4, -0.2) is 48.5 Å². The minimum atomic E-state index is -3.82. The first-order valence-corrected chi connectivity index (χ1v) is 13.2. The van der Waals surface area contributed by atoms with Crippen molar-refractivity contribution in [2.75, 3.05) is 17.4 Å². The van der Waals surface area contributed by atoms with Gasteiger partial charge in [-0.1, -0.05) is 48.3 Å². The molecule has 0 bridgehead atoms. The molecule has 1 amide bonds. The second-order valence-corrected chi connectivity index (χ2v) is 10.9. The number of hydrogen-bond acceptors (Lipinski definition) is 6. The Labute approximate surface area is 199 Å². The van der Waals surface area contributed by atoms with Gasteiger partial charge in [0.05, 0.1) is 10.6 Å². The van der Waals surface area contributed by atoms with Crippen LogP contribution in [0.15, 0.2) is 51.9 Å². The highest BCUT2D eigenvalue weighted by Crippen LogP contribution is 2.38. The highest BCUT2D eigenvalue weighted by Gasteiger charge is 2.37. The molecule has 1 atom stereocenters. The van der Waals surface area contributed by atoms with Gasteiger partial charge < -0.3 is 9.42 Å². The summed E-state index contributed by atoms with van der Waals surface area (Å²) < 4.78 is 34.3. The molecular formula is C25H28N4O4S. The monoisotopic (exact) mass is 480 g/mol. The van der Waals surface area contributed by atoms with E-state index in [4.69, 9.17) is 4.52 Å². The van der Waals surface area contributed by atoms with E-state index in [0.717, 1.165) is 31.2 Å². The number of hydrogen-bond donors (Lipinski definition) is 0. The van der Waals surface area contributed by atoms with E-state index in [1.807, 2.05) is 31.2 Å². The molecule has 1 saturated heterocycles. The topological polar surface area (TPSA) is 96.6 Å². The Morgan fingerprint density at radius 1 is 1.06 bits per heavy atom. The molecule has 34 heavy (non-hydrogen) atoms. The van der Waals surface area contributed by atoms with Crippen molar-refractivity contribution in [2.45, 2.75) is 56.9 Å². The zero-order valence-corrected chi connectivity index (χ0v) is 20.2. The summed E-state index contributed by atoms with van der Waals surface area (Å²) >= 11 is 0. The summed E-state index contributed by atoms with van der Waals surface area (Å²) in [5.41, 5.74) is 2.85. The number of carbonyl (C=O) groups is 1. The van der Waals surface area contributed by atoms with Gasteiger partial charge in [0.2, 0.25) is 5.82 Å². The van der Waals surface area contributed by atoms with Gasteiger partial charge in [0.1, 0.15) is 0 Å². The summed E-state index contributed by atoms with van der Waals surface area (Å²) in [5, 5.41) is 3.98. The number of amides is 1. The third-order valence-electron chi connectivity index (χ3n) is 6.63. The van der Waals surface area contributed by atoms with Crippen molar-refractivity contribution < 1.29 is 17.7 Å². The highest BCUT2D eigenvalue weighted by molar-refractivity contribution is 7.93. The Kier molecular flexibility index (Phi) is 5.89. The lowest BCUT2D eigenvalue weighted by molar-refractivity contribution is 0.0711. The predicted octanol–water partition coefficient (Wildman–Crippen LogP) is 4.20. The maximum Gasteiger partial charge on any atom is 0.316 e. The van der Waals surface area contributed by atoms with Crippen molar-refractivity contribution in [1.82, 2.24) is 15.0 Å². The van der Waals surface area contributed by atoms with E-state index in [0.29, 0.717) is 36.3 Å².